The molecule has 0 heterocycles. The SMILES string of the molecule is CCCC1(CNCc2ccccc2O)CC1. The summed E-state index contributed by atoms with van der Waals surface area (Å²) in [5.41, 5.74) is 1.58. The average molecular weight is 219 g/mol. The fourth-order valence-electron chi connectivity index (χ4n) is 2.34. The fraction of sp³-hybridized carbons (Fsp3) is 0.571. The summed E-state index contributed by atoms with van der Waals surface area (Å²) in [5.74, 6) is 0.398. The Labute approximate surface area is 97.7 Å². The largest absolute Gasteiger partial charge is 0.508 e. The van der Waals surface area contributed by atoms with E-state index >= 15 is 0 Å². The molecule has 1 aliphatic carbocycles. The first kappa shape index (κ1) is 11.5. The summed E-state index contributed by atoms with van der Waals surface area (Å²) in [7, 11) is 0. The molecule has 0 aromatic heterocycles. The Morgan fingerprint density at radius 1 is 1.31 bits per heavy atom. The Bertz CT molecular complexity index is 344. The maximum Gasteiger partial charge on any atom is 0.120 e. The third-order valence-electron chi connectivity index (χ3n) is 3.54. The maximum absolute atomic E-state index is 9.62. The van der Waals surface area contributed by atoms with Crippen molar-refractivity contribution in [2.24, 2.45) is 5.41 Å². The molecule has 0 radical (unpaired) electrons. The van der Waals surface area contributed by atoms with Crippen LogP contribution in [-0.2, 0) is 6.54 Å². The van der Waals surface area contributed by atoms with Gasteiger partial charge in [-0.25, -0.2) is 0 Å². The number of para-hydroxylation sites is 1. The van der Waals surface area contributed by atoms with E-state index in [-0.39, 0.29) is 0 Å². The van der Waals surface area contributed by atoms with Crippen LogP contribution < -0.4 is 5.32 Å². The zero-order valence-corrected chi connectivity index (χ0v) is 10.00. The quantitative estimate of drug-likeness (QED) is 0.770. The highest BCUT2D eigenvalue weighted by Crippen LogP contribution is 2.48. The molecular weight excluding hydrogens is 198 g/mol. The molecule has 2 heteroatoms. The Balaban J connectivity index is 1.78. The smallest absolute Gasteiger partial charge is 0.120 e. The lowest BCUT2D eigenvalue weighted by atomic mass is 10.0. The van der Waals surface area contributed by atoms with Crippen LogP contribution in [-0.4, -0.2) is 11.7 Å². The lowest BCUT2D eigenvalue weighted by Crippen LogP contribution is -2.23. The van der Waals surface area contributed by atoms with E-state index in [4.69, 9.17) is 0 Å². The van der Waals surface area contributed by atoms with Crippen LogP contribution in [0.4, 0.5) is 0 Å². The summed E-state index contributed by atoms with van der Waals surface area (Å²) < 4.78 is 0. The van der Waals surface area contributed by atoms with Crippen LogP contribution in [0.3, 0.4) is 0 Å². The van der Waals surface area contributed by atoms with Crippen molar-refractivity contribution >= 4 is 0 Å². The first-order chi connectivity index (χ1) is 7.76. The number of rotatable bonds is 6. The normalized spacial score (nSPS) is 17.3. The molecule has 0 spiro atoms. The second-order valence-corrected chi connectivity index (χ2v) is 4.98. The van der Waals surface area contributed by atoms with Crippen LogP contribution >= 0.6 is 0 Å². The van der Waals surface area contributed by atoms with Crippen molar-refractivity contribution in [3.8, 4) is 5.75 Å². The molecule has 0 aliphatic heterocycles. The molecule has 0 unspecified atom stereocenters. The molecule has 1 aromatic rings. The minimum Gasteiger partial charge on any atom is -0.508 e. The summed E-state index contributed by atoms with van der Waals surface area (Å²) in [6.07, 6.45) is 5.35. The summed E-state index contributed by atoms with van der Waals surface area (Å²) in [4.78, 5) is 0. The zero-order valence-electron chi connectivity index (χ0n) is 10.00. The summed E-state index contributed by atoms with van der Waals surface area (Å²) in [5, 5.41) is 13.1. The summed E-state index contributed by atoms with van der Waals surface area (Å²) in [6, 6.07) is 7.55. The van der Waals surface area contributed by atoms with Gasteiger partial charge in [-0.05, 0) is 30.7 Å². The standard InChI is InChI=1S/C14H21NO/c1-2-7-14(8-9-14)11-15-10-12-5-3-4-6-13(12)16/h3-6,15-16H,2,7-11H2,1H3. The molecule has 1 saturated carbocycles. The van der Waals surface area contributed by atoms with Crippen LogP contribution in [0.2, 0.25) is 0 Å². The van der Waals surface area contributed by atoms with E-state index in [1.165, 1.54) is 25.7 Å². The minimum atomic E-state index is 0.398. The molecular formula is C14H21NO. The van der Waals surface area contributed by atoms with Crippen LogP contribution in [0, 0.1) is 5.41 Å². The monoisotopic (exact) mass is 219 g/mol. The minimum absolute atomic E-state index is 0.398. The third kappa shape index (κ3) is 2.76. The van der Waals surface area contributed by atoms with Gasteiger partial charge in [-0.3, -0.25) is 0 Å². The Kier molecular flexibility index (Phi) is 3.49. The van der Waals surface area contributed by atoms with E-state index in [1.807, 2.05) is 18.2 Å². The molecule has 1 aromatic carbocycles. The number of aromatic hydroxyl groups is 1. The number of hydrogen-bond acceptors (Lipinski definition) is 2. The number of nitrogens with one attached hydrogen (secondary N) is 1. The van der Waals surface area contributed by atoms with Gasteiger partial charge in [-0.2, -0.15) is 0 Å². The van der Waals surface area contributed by atoms with Crippen LogP contribution in [0.1, 0.15) is 38.2 Å². The molecule has 1 fully saturated rings. The molecule has 16 heavy (non-hydrogen) atoms. The predicted octanol–water partition coefficient (Wildman–Crippen LogP) is 3.06. The molecule has 88 valence electrons. The van der Waals surface area contributed by atoms with E-state index < -0.39 is 0 Å². The van der Waals surface area contributed by atoms with Crippen molar-refractivity contribution in [2.45, 2.75) is 39.2 Å². The van der Waals surface area contributed by atoms with Crippen molar-refractivity contribution in [2.75, 3.05) is 6.54 Å². The summed E-state index contributed by atoms with van der Waals surface area (Å²) >= 11 is 0. The van der Waals surface area contributed by atoms with Crippen LogP contribution in [0.5, 0.6) is 5.75 Å². The van der Waals surface area contributed by atoms with E-state index in [0.29, 0.717) is 11.2 Å². The Morgan fingerprint density at radius 3 is 2.69 bits per heavy atom. The van der Waals surface area contributed by atoms with E-state index in [0.717, 1.165) is 18.7 Å². The number of hydrogen-bond donors (Lipinski definition) is 2. The second-order valence-electron chi connectivity index (χ2n) is 4.98. The molecule has 2 N–H and O–H groups in total. The molecule has 0 amide bonds. The van der Waals surface area contributed by atoms with Crippen LogP contribution in [0.25, 0.3) is 0 Å². The van der Waals surface area contributed by atoms with Crippen LogP contribution in [0.15, 0.2) is 24.3 Å². The third-order valence-corrected chi connectivity index (χ3v) is 3.54. The zero-order chi connectivity index (χ0) is 11.4. The van der Waals surface area contributed by atoms with Crippen molar-refractivity contribution in [3.05, 3.63) is 29.8 Å². The Morgan fingerprint density at radius 2 is 2.06 bits per heavy atom. The molecule has 1 aliphatic rings. The number of benzene rings is 1. The van der Waals surface area contributed by atoms with Gasteiger partial charge >= 0.3 is 0 Å². The lowest BCUT2D eigenvalue weighted by Gasteiger charge is -2.15. The lowest BCUT2D eigenvalue weighted by molar-refractivity contribution is 0.414. The van der Waals surface area contributed by atoms with E-state index in [1.54, 1.807) is 6.07 Å². The van der Waals surface area contributed by atoms with Gasteiger partial charge < -0.3 is 10.4 Å². The van der Waals surface area contributed by atoms with Gasteiger partial charge in [0.25, 0.3) is 0 Å². The highest BCUT2D eigenvalue weighted by atomic mass is 16.3. The van der Waals surface area contributed by atoms with Crippen molar-refractivity contribution in [1.82, 2.24) is 5.32 Å². The predicted molar refractivity (Wildman–Crippen MR) is 66.4 cm³/mol. The van der Waals surface area contributed by atoms with E-state index in [2.05, 4.69) is 12.2 Å². The van der Waals surface area contributed by atoms with Gasteiger partial charge in [-0.1, -0.05) is 31.5 Å². The van der Waals surface area contributed by atoms with Crippen molar-refractivity contribution in [3.63, 3.8) is 0 Å². The van der Waals surface area contributed by atoms with Gasteiger partial charge in [0.05, 0.1) is 0 Å². The maximum atomic E-state index is 9.62. The number of phenols is 1. The fourth-order valence-corrected chi connectivity index (χ4v) is 2.34. The second kappa shape index (κ2) is 4.88. The van der Waals surface area contributed by atoms with Crippen molar-refractivity contribution < 1.29 is 5.11 Å². The first-order valence-electron chi connectivity index (χ1n) is 6.23. The highest BCUT2D eigenvalue weighted by Gasteiger charge is 2.40. The van der Waals surface area contributed by atoms with Gasteiger partial charge in [0, 0.05) is 18.7 Å². The summed E-state index contributed by atoms with van der Waals surface area (Å²) in [6.45, 7) is 4.12. The first-order valence-corrected chi connectivity index (χ1v) is 6.23. The molecule has 2 nitrogen and oxygen atoms in total. The topological polar surface area (TPSA) is 32.3 Å². The number of phenolic OH excluding ortho intramolecular Hbond substituents is 1. The van der Waals surface area contributed by atoms with Gasteiger partial charge in [0.15, 0.2) is 0 Å². The van der Waals surface area contributed by atoms with Gasteiger partial charge in [0.2, 0.25) is 0 Å². The van der Waals surface area contributed by atoms with Gasteiger partial charge in [0.1, 0.15) is 5.75 Å². The molecule has 0 saturated heterocycles. The average Bonchev–Trinajstić information content (AvgIpc) is 3.02. The highest BCUT2D eigenvalue weighted by molar-refractivity contribution is 5.31. The molecule has 0 atom stereocenters. The Hall–Kier alpha value is -1.02. The molecule has 2 rings (SSSR count). The van der Waals surface area contributed by atoms with E-state index in [9.17, 15) is 5.11 Å². The molecule has 0 bridgehead atoms. The van der Waals surface area contributed by atoms with Gasteiger partial charge in [-0.15, -0.1) is 0 Å². The van der Waals surface area contributed by atoms with Crippen molar-refractivity contribution in [1.29, 1.82) is 0 Å².